The van der Waals surface area contributed by atoms with Gasteiger partial charge in [-0.25, -0.2) is 9.48 Å². The van der Waals surface area contributed by atoms with Crippen LogP contribution in [0.1, 0.15) is 18.5 Å². The van der Waals surface area contributed by atoms with E-state index >= 15 is 0 Å². The van der Waals surface area contributed by atoms with Gasteiger partial charge in [-0.2, -0.15) is 18.3 Å². The number of hydrogen-bond acceptors (Lipinski definition) is 3. The van der Waals surface area contributed by atoms with E-state index in [2.05, 4.69) is 10.4 Å². The Kier molecular flexibility index (Phi) is 4.33. The Balaban J connectivity index is 1.66. The van der Waals surface area contributed by atoms with Crippen molar-refractivity contribution in [1.29, 1.82) is 0 Å². The topological polar surface area (TPSA) is 56.2 Å². The number of nitrogens with zero attached hydrogens (tertiary/aromatic N) is 2. The molecule has 0 radical (unpaired) electrons. The predicted octanol–water partition coefficient (Wildman–Crippen LogP) is 5.08. The highest BCUT2D eigenvalue weighted by atomic mass is 19.4. The fourth-order valence-electron chi connectivity index (χ4n) is 3.01. The maximum absolute atomic E-state index is 13.5. The molecule has 1 fully saturated rings. The number of ether oxygens (including phenoxy) is 1. The molecule has 1 N–H and O–H groups in total. The fraction of sp³-hybridized carbons (Fsp3) is 0.200. The summed E-state index contributed by atoms with van der Waals surface area (Å²) in [4.78, 5) is 12.2. The third-order valence-corrected chi connectivity index (χ3v) is 4.68. The van der Waals surface area contributed by atoms with Crippen molar-refractivity contribution < 1.29 is 22.7 Å². The molecule has 0 unspecified atom stereocenters. The second-order valence-corrected chi connectivity index (χ2v) is 6.57. The molecule has 1 aromatic heterocycles. The van der Waals surface area contributed by atoms with Gasteiger partial charge in [-0.1, -0.05) is 36.4 Å². The van der Waals surface area contributed by atoms with Crippen molar-refractivity contribution in [3.8, 4) is 11.4 Å². The average molecular weight is 387 g/mol. The minimum absolute atomic E-state index is 0.0177. The van der Waals surface area contributed by atoms with Crippen molar-refractivity contribution in [2.24, 2.45) is 0 Å². The minimum Gasteiger partial charge on any atom is -0.410 e. The Labute approximate surface area is 158 Å². The van der Waals surface area contributed by atoms with Crippen molar-refractivity contribution in [3.05, 3.63) is 72.4 Å². The molecule has 8 heteroatoms. The van der Waals surface area contributed by atoms with Crippen LogP contribution in [-0.4, -0.2) is 22.1 Å². The Hall–Kier alpha value is -3.29. The van der Waals surface area contributed by atoms with E-state index < -0.39 is 17.7 Å². The lowest BCUT2D eigenvalue weighted by Gasteiger charge is -2.16. The molecule has 1 aliphatic carbocycles. The maximum Gasteiger partial charge on any atom is 0.418 e. The molecule has 5 nitrogen and oxygen atoms in total. The molecule has 0 atom stereocenters. The lowest BCUT2D eigenvalue weighted by Crippen LogP contribution is -2.29. The molecular weight excluding hydrogens is 371 g/mol. The number of anilines is 1. The largest absolute Gasteiger partial charge is 0.418 e. The second kappa shape index (κ2) is 6.70. The number of amides is 1. The summed E-state index contributed by atoms with van der Waals surface area (Å²) in [7, 11) is 0. The van der Waals surface area contributed by atoms with E-state index in [-0.39, 0.29) is 24.4 Å². The number of alkyl halides is 3. The lowest BCUT2D eigenvalue weighted by atomic mass is 10.0. The normalized spacial score (nSPS) is 15.1. The number of rotatable bonds is 4. The number of halogens is 3. The van der Waals surface area contributed by atoms with Crippen LogP contribution in [-0.2, 0) is 5.41 Å². The van der Waals surface area contributed by atoms with Crippen molar-refractivity contribution >= 4 is 11.9 Å². The summed E-state index contributed by atoms with van der Waals surface area (Å²) in [5, 5.41) is 6.67. The number of hydrogen-bond donors (Lipinski definition) is 1. The van der Waals surface area contributed by atoms with Gasteiger partial charge in [0.1, 0.15) is 17.0 Å². The molecule has 1 heterocycles. The Morgan fingerprint density at radius 2 is 1.64 bits per heavy atom. The van der Waals surface area contributed by atoms with E-state index in [0.29, 0.717) is 11.4 Å². The number of benzene rings is 2. The third-order valence-electron chi connectivity index (χ3n) is 4.68. The zero-order valence-electron chi connectivity index (χ0n) is 14.6. The first-order chi connectivity index (χ1) is 13.4. The molecule has 4 rings (SSSR count). The Bertz CT molecular complexity index is 981. The minimum atomic E-state index is -4.40. The van der Waals surface area contributed by atoms with Crippen LogP contribution in [0.3, 0.4) is 0 Å². The summed E-state index contributed by atoms with van der Waals surface area (Å²) < 4.78 is 47.0. The van der Waals surface area contributed by atoms with Gasteiger partial charge in [-0.05, 0) is 37.1 Å². The first-order valence-corrected chi connectivity index (χ1v) is 8.66. The highest BCUT2D eigenvalue weighted by Gasteiger charge is 2.65. The molecule has 144 valence electrons. The molecule has 0 bridgehead atoms. The van der Waals surface area contributed by atoms with Crippen molar-refractivity contribution in [2.45, 2.75) is 24.4 Å². The first kappa shape index (κ1) is 18.1. The second-order valence-electron chi connectivity index (χ2n) is 6.57. The third kappa shape index (κ3) is 3.33. The molecule has 1 saturated carbocycles. The molecule has 0 saturated heterocycles. The van der Waals surface area contributed by atoms with Crippen molar-refractivity contribution in [1.82, 2.24) is 9.78 Å². The van der Waals surface area contributed by atoms with Gasteiger partial charge in [-0.15, -0.1) is 0 Å². The number of para-hydroxylation sites is 2. The monoisotopic (exact) mass is 387 g/mol. The molecule has 1 aliphatic rings. The summed E-state index contributed by atoms with van der Waals surface area (Å²) in [6.45, 7) is 0. The number of carbonyl (C=O) groups is 1. The number of nitrogens with one attached hydrogen (secondary N) is 1. The summed E-state index contributed by atoms with van der Waals surface area (Å²) in [5.41, 5.74) is -1.53. The molecule has 0 aliphatic heterocycles. The molecule has 1 amide bonds. The molecule has 3 aromatic rings. The average Bonchev–Trinajstić information content (AvgIpc) is 3.40. The fourth-order valence-corrected chi connectivity index (χ4v) is 3.01. The Morgan fingerprint density at radius 3 is 2.21 bits per heavy atom. The van der Waals surface area contributed by atoms with Gasteiger partial charge in [0.05, 0.1) is 11.4 Å². The number of carbonyl (C=O) groups excluding carboxylic acids is 1. The van der Waals surface area contributed by atoms with E-state index in [1.165, 1.54) is 10.7 Å². The van der Waals surface area contributed by atoms with Crippen LogP contribution in [0.25, 0.3) is 5.69 Å². The van der Waals surface area contributed by atoms with Gasteiger partial charge in [0.2, 0.25) is 0 Å². The van der Waals surface area contributed by atoms with Crippen LogP contribution in [0.15, 0.2) is 66.7 Å². The maximum atomic E-state index is 13.5. The molecular formula is C20H16F3N3O2. The molecule has 0 spiro atoms. The van der Waals surface area contributed by atoms with E-state index in [1.54, 1.807) is 60.7 Å². The van der Waals surface area contributed by atoms with Crippen LogP contribution in [0.4, 0.5) is 23.8 Å². The summed E-state index contributed by atoms with van der Waals surface area (Å²) in [6.07, 6.45) is -5.25. The van der Waals surface area contributed by atoms with E-state index in [9.17, 15) is 18.0 Å². The quantitative estimate of drug-likeness (QED) is 0.679. The highest BCUT2D eigenvalue weighted by molar-refractivity contribution is 5.85. The van der Waals surface area contributed by atoms with E-state index in [0.717, 1.165) is 0 Å². The van der Waals surface area contributed by atoms with Crippen molar-refractivity contribution in [3.63, 3.8) is 0 Å². The standard InChI is InChI=1S/C20H16F3N3O2/c21-20(22,23)19(11-12-19)16-13-17(26(25-16)14-7-3-1-4-8-14)24-18(27)28-15-9-5-2-6-10-15/h1-10,13H,11-12H2,(H,24,27). The highest BCUT2D eigenvalue weighted by Crippen LogP contribution is 2.58. The number of aromatic nitrogens is 2. The van der Waals surface area contributed by atoms with Gasteiger partial charge in [0.25, 0.3) is 0 Å². The van der Waals surface area contributed by atoms with Gasteiger partial charge in [0.15, 0.2) is 0 Å². The van der Waals surface area contributed by atoms with Crippen LogP contribution in [0.5, 0.6) is 5.75 Å². The SMILES string of the molecule is O=C(Nc1cc(C2(C(F)(F)F)CC2)nn1-c1ccccc1)Oc1ccccc1. The van der Waals surface area contributed by atoms with E-state index in [1.807, 2.05) is 0 Å². The zero-order chi connectivity index (χ0) is 19.8. The van der Waals surface area contributed by atoms with Gasteiger partial charge < -0.3 is 4.74 Å². The summed E-state index contributed by atoms with van der Waals surface area (Å²) in [5.74, 6) is 0.428. The predicted molar refractivity (Wildman–Crippen MR) is 96.6 cm³/mol. The lowest BCUT2D eigenvalue weighted by molar-refractivity contribution is -0.161. The zero-order valence-corrected chi connectivity index (χ0v) is 14.6. The van der Waals surface area contributed by atoms with Crippen molar-refractivity contribution in [2.75, 3.05) is 5.32 Å². The van der Waals surface area contributed by atoms with Crippen LogP contribution >= 0.6 is 0 Å². The summed E-state index contributed by atoms with van der Waals surface area (Å²) >= 11 is 0. The molecule has 2 aromatic carbocycles. The van der Waals surface area contributed by atoms with Gasteiger partial charge in [-0.3, -0.25) is 5.32 Å². The van der Waals surface area contributed by atoms with Gasteiger partial charge in [0, 0.05) is 6.07 Å². The van der Waals surface area contributed by atoms with Crippen LogP contribution in [0.2, 0.25) is 0 Å². The Morgan fingerprint density at radius 1 is 1.04 bits per heavy atom. The molecule has 28 heavy (non-hydrogen) atoms. The first-order valence-electron chi connectivity index (χ1n) is 8.66. The van der Waals surface area contributed by atoms with E-state index in [4.69, 9.17) is 4.74 Å². The van der Waals surface area contributed by atoms with Gasteiger partial charge >= 0.3 is 12.3 Å². The van der Waals surface area contributed by atoms with Crippen LogP contribution in [0, 0.1) is 0 Å². The smallest absolute Gasteiger partial charge is 0.410 e. The van der Waals surface area contributed by atoms with Crippen LogP contribution < -0.4 is 10.1 Å². The summed E-state index contributed by atoms with van der Waals surface area (Å²) in [6, 6.07) is 18.3.